The molecule has 0 bridgehead atoms. The molecule has 1 aromatic carbocycles. The summed E-state index contributed by atoms with van der Waals surface area (Å²) in [6.45, 7) is 0.343. The Hall–Kier alpha value is -2.01. The number of fused-ring (bicyclic) bond motifs is 3. The molecule has 2 aliphatic rings. The van der Waals surface area contributed by atoms with Gasteiger partial charge >= 0.3 is 15.6 Å². The van der Waals surface area contributed by atoms with Crippen molar-refractivity contribution in [2.45, 2.75) is 24.1 Å². The van der Waals surface area contributed by atoms with E-state index in [1.165, 1.54) is 6.07 Å². The van der Waals surface area contributed by atoms with Crippen LogP contribution in [0.15, 0.2) is 6.07 Å². The van der Waals surface area contributed by atoms with Gasteiger partial charge in [-0.25, -0.2) is 0 Å². The lowest BCUT2D eigenvalue weighted by Gasteiger charge is -2.16. The smallest absolute Gasteiger partial charge is 0.493 e. The molecule has 7 nitrogen and oxygen atoms in total. The maximum atomic E-state index is 12.6. The minimum atomic E-state index is -5.97. The summed E-state index contributed by atoms with van der Waals surface area (Å²) >= 11 is 0. The Balaban J connectivity index is 2.16. The largest absolute Gasteiger partial charge is 0.534 e. The highest BCUT2D eigenvalue weighted by atomic mass is 32.2. The lowest BCUT2D eigenvalue weighted by molar-refractivity contribution is -0.0500. The summed E-state index contributed by atoms with van der Waals surface area (Å²) in [6, 6.07) is 1.17. The molecule has 132 valence electrons. The zero-order valence-corrected chi connectivity index (χ0v) is 12.9. The number of ether oxygens (including phenoxy) is 3. The Bertz CT molecular complexity index is 788. The van der Waals surface area contributed by atoms with E-state index in [1.54, 1.807) is 0 Å². The number of alkyl halides is 3. The Morgan fingerprint density at radius 1 is 1.38 bits per heavy atom. The number of benzene rings is 1. The van der Waals surface area contributed by atoms with E-state index in [1.807, 2.05) is 0 Å². The molecule has 1 aromatic rings. The fraction of sp³-hybridized carbons (Fsp3) is 0.462. The Kier molecular flexibility index (Phi) is 3.87. The van der Waals surface area contributed by atoms with Gasteiger partial charge in [-0.15, -0.1) is 0 Å². The molecular weight excluding hydrogens is 357 g/mol. The molecular formula is C13H11F3O7S. The van der Waals surface area contributed by atoms with Crippen LogP contribution in [0.25, 0.3) is 0 Å². The summed E-state index contributed by atoms with van der Waals surface area (Å²) in [7, 11) is -4.87. The second-order valence-electron chi connectivity index (χ2n) is 5.09. The maximum absolute atomic E-state index is 12.6. The molecule has 2 heterocycles. The highest BCUT2D eigenvalue weighted by Crippen LogP contribution is 2.51. The van der Waals surface area contributed by atoms with E-state index in [4.69, 9.17) is 14.2 Å². The van der Waals surface area contributed by atoms with Crippen LogP contribution >= 0.6 is 0 Å². The van der Waals surface area contributed by atoms with Crippen molar-refractivity contribution >= 4 is 16.4 Å². The van der Waals surface area contributed by atoms with Crippen molar-refractivity contribution < 1.29 is 44.8 Å². The zero-order valence-electron chi connectivity index (χ0n) is 12.1. The van der Waals surface area contributed by atoms with E-state index in [0.717, 1.165) is 7.11 Å². The van der Waals surface area contributed by atoms with E-state index in [-0.39, 0.29) is 28.9 Å². The molecule has 0 spiro atoms. The average Bonchev–Trinajstić information content (AvgIpc) is 3.05. The van der Waals surface area contributed by atoms with Gasteiger partial charge < -0.3 is 18.4 Å². The second-order valence-corrected chi connectivity index (χ2v) is 6.62. The Labute approximate surface area is 134 Å². The van der Waals surface area contributed by atoms with Crippen LogP contribution < -0.4 is 13.7 Å². The first-order chi connectivity index (χ1) is 11.2. The molecule has 0 aliphatic carbocycles. The van der Waals surface area contributed by atoms with Crippen molar-refractivity contribution in [2.75, 3.05) is 13.7 Å². The highest BCUT2D eigenvalue weighted by molar-refractivity contribution is 7.88. The van der Waals surface area contributed by atoms with Gasteiger partial charge in [-0.3, -0.25) is 4.79 Å². The number of hydrogen-bond donors (Lipinski definition) is 0. The number of carbonyl (C=O) groups excluding carboxylic acids is 1. The number of aldehydes is 1. The third-order valence-electron chi connectivity index (χ3n) is 3.75. The van der Waals surface area contributed by atoms with Crippen LogP contribution in [-0.4, -0.2) is 40.2 Å². The fourth-order valence-electron chi connectivity index (χ4n) is 2.73. The minimum absolute atomic E-state index is 0.181. The van der Waals surface area contributed by atoms with E-state index < -0.39 is 33.6 Å². The monoisotopic (exact) mass is 368 g/mol. The molecule has 0 N–H and O–H groups in total. The summed E-state index contributed by atoms with van der Waals surface area (Å²) in [6.07, 6.45) is 0.000950. The van der Waals surface area contributed by atoms with Crippen LogP contribution in [0.5, 0.6) is 17.2 Å². The molecule has 0 aromatic heterocycles. The zero-order chi connectivity index (χ0) is 17.7. The molecule has 2 aliphatic heterocycles. The predicted octanol–water partition coefficient (Wildman–Crippen LogP) is 1.96. The number of rotatable bonds is 4. The quantitative estimate of drug-likeness (QED) is 0.456. The Morgan fingerprint density at radius 2 is 2.08 bits per heavy atom. The standard InChI is InChI=1S/C13H11F3O7S/c1-20-9-4-8-10(6-2-3-21-12(6)22-8)7(5-17)11(9)23-24(18,19)13(14,15)16/h4-6,12H,2-3H2,1H3/t6-,12+/m1/s1. The third kappa shape index (κ3) is 2.47. The summed E-state index contributed by atoms with van der Waals surface area (Å²) in [4.78, 5) is 11.5. The molecule has 0 unspecified atom stereocenters. The van der Waals surface area contributed by atoms with Crippen LogP contribution in [0.2, 0.25) is 0 Å². The van der Waals surface area contributed by atoms with E-state index >= 15 is 0 Å². The second kappa shape index (κ2) is 5.52. The van der Waals surface area contributed by atoms with E-state index in [0.29, 0.717) is 13.0 Å². The summed E-state index contributed by atoms with van der Waals surface area (Å²) in [5.74, 6) is -1.41. The molecule has 2 atom stereocenters. The van der Waals surface area contributed by atoms with Crippen molar-refractivity contribution in [2.24, 2.45) is 0 Å². The van der Waals surface area contributed by atoms with E-state index in [2.05, 4.69) is 4.18 Å². The number of halogens is 3. The molecule has 0 amide bonds. The van der Waals surface area contributed by atoms with Gasteiger partial charge in [0, 0.05) is 11.6 Å². The maximum Gasteiger partial charge on any atom is 0.534 e. The number of hydrogen-bond acceptors (Lipinski definition) is 7. The van der Waals surface area contributed by atoms with E-state index in [9.17, 15) is 26.4 Å². The summed E-state index contributed by atoms with van der Waals surface area (Å²) in [5, 5.41) is 0. The Morgan fingerprint density at radius 3 is 2.67 bits per heavy atom. The van der Waals surface area contributed by atoms with Crippen LogP contribution in [0.3, 0.4) is 0 Å². The van der Waals surface area contributed by atoms with Crippen LogP contribution in [0.4, 0.5) is 13.2 Å². The molecule has 0 radical (unpaired) electrons. The fourth-order valence-corrected chi connectivity index (χ4v) is 3.21. The van der Waals surface area contributed by atoms with Crippen molar-refractivity contribution in [1.82, 2.24) is 0 Å². The molecule has 11 heteroatoms. The van der Waals surface area contributed by atoms with Gasteiger partial charge in [0.05, 0.1) is 25.2 Å². The van der Waals surface area contributed by atoms with Gasteiger partial charge in [0.15, 0.2) is 17.8 Å². The predicted molar refractivity (Wildman–Crippen MR) is 71.7 cm³/mol. The first kappa shape index (κ1) is 16.8. The summed E-state index contributed by atoms with van der Waals surface area (Å²) in [5.41, 5.74) is -5.76. The summed E-state index contributed by atoms with van der Waals surface area (Å²) < 4.78 is 80.2. The van der Waals surface area contributed by atoms with Crippen molar-refractivity contribution in [3.63, 3.8) is 0 Å². The third-order valence-corrected chi connectivity index (χ3v) is 4.71. The number of methoxy groups -OCH3 is 1. The molecule has 3 rings (SSSR count). The van der Waals surface area contributed by atoms with Gasteiger partial charge in [0.2, 0.25) is 6.29 Å². The van der Waals surface area contributed by atoms with Crippen LogP contribution in [-0.2, 0) is 14.9 Å². The van der Waals surface area contributed by atoms with Crippen molar-refractivity contribution in [3.8, 4) is 17.2 Å². The van der Waals surface area contributed by atoms with Gasteiger partial charge in [-0.05, 0) is 6.42 Å². The normalized spacial score (nSPS) is 22.5. The molecule has 24 heavy (non-hydrogen) atoms. The lowest BCUT2D eigenvalue weighted by Crippen LogP contribution is -2.28. The lowest BCUT2D eigenvalue weighted by atomic mass is 9.93. The molecule has 0 saturated carbocycles. The van der Waals surface area contributed by atoms with Crippen LogP contribution in [0, 0.1) is 0 Å². The topological polar surface area (TPSA) is 88.1 Å². The first-order valence-electron chi connectivity index (χ1n) is 6.68. The van der Waals surface area contributed by atoms with Crippen LogP contribution in [0.1, 0.15) is 28.3 Å². The molecule has 1 fully saturated rings. The molecule has 1 saturated heterocycles. The minimum Gasteiger partial charge on any atom is -0.493 e. The van der Waals surface area contributed by atoms with Crippen molar-refractivity contribution in [3.05, 3.63) is 17.2 Å². The van der Waals surface area contributed by atoms with Gasteiger partial charge in [0.25, 0.3) is 0 Å². The van der Waals surface area contributed by atoms with Crippen molar-refractivity contribution in [1.29, 1.82) is 0 Å². The van der Waals surface area contributed by atoms with Gasteiger partial charge in [-0.1, -0.05) is 0 Å². The first-order valence-corrected chi connectivity index (χ1v) is 8.09. The average molecular weight is 368 g/mol. The van der Waals surface area contributed by atoms with Gasteiger partial charge in [0.1, 0.15) is 5.75 Å². The van der Waals surface area contributed by atoms with Gasteiger partial charge in [-0.2, -0.15) is 21.6 Å². The SMILES string of the molecule is COc1cc2c(c(C=O)c1OS(=O)(=O)C(F)(F)F)[C@H]1CCO[C@H]1O2. The highest BCUT2D eigenvalue weighted by Gasteiger charge is 2.50. The number of carbonyl (C=O) groups is 1.